The molecule has 0 atom stereocenters. The third-order valence-electron chi connectivity index (χ3n) is 3.18. The second-order valence-corrected chi connectivity index (χ2v) is 7.11. The first-order valence-electron chi connectivity index (χ1n) is 6.96. The molecule has 1 aromatic heterocycles. The number of nitrogens with one attached hydrogen (secondary N) is 2. The standard InChI is InChI=1S/C13H25N5O2S/c1-10(2)18(11(3)4)8-7-16-21(19,20)12-5-6-15-13(9-12)17-14/h5-6,9-11,16H,7-8,14H2,1-4H3,(H,15,17). The van der Waals surface area contributed by atoms with E-state index in [9.17, 15) is 8.42 Å². The van der Waals surface area contributed by atoms with Crippen molar-refractivity contribution >= 4 is 15.8 Å². The third kappa shape index (κ3) is 5.24. The van der Waals surface area contributed by atoms with Crippen LogP contribution in [0, 0.1) is 0 Å². The molecule has 21 heavy (non-hydrogen) atoms. The Labute approximate surface area is 127 Å². The van der Waals surface area contributed by atoms with Crippen molar-refractivity contribution in [1.29, 1.82) is 0 Å². The van der Waals surface area contributed by atoms with Crippen molar-refractivity contribution < 1.29 is 8.42 Å². The Bertz CT molecular complexity index is 537. The van der Waals surface area contributed by atoms with Crippen LogP contribution in [0.5, 0.6) is 0 Å². The van der Waals surface area contributed by atoms with E-state index < -0.39 is 10.0 Å². The maximum absolute atomic E-state index is 12.2. The second-order valence-electron chi connectivity index (χ2n) is 5.34. The van der Waals surface area contributed by atoms with Crippen LogP contribution >= 0.6 is 0 Å². The van der Waals surface area contributed by atoms with Crippen molar-refractivity contribution in [3.8, 4) is 0 Å². The SMILES string of the molecule is CC(C)N(CCNS(=O)(=O)c1ccnc(NN)c1)C(C)C. The number of nitrogens with two attached hydrogens (primary N) is 1. The Kier molecular flexibility index (Phi) is 6.53. The topological polar surface area (TPSA) is 100 Å². The molecule has 0 bridgehead atoms. The molecule has 1 heterocycles. The molecule has 120 valence electrons. The van der Waals surface area contributed by atoms with E-state index in [0.29, 0.717) is 31.0 Å². The molecule has 0 unspecified atom stereocenters. The molecule has 0 fully saturated rings. The third-order valence-corrected chi connectivity index (χ3v) is 4.64. The van der Waals surface area contributed by atoms with Gasteiger partial charge in [0, 0.05) is 37.4 Å². The summed E-state index contributed by atoms with van der Waals surface area (Å²) < 4.78 is 27.0. The van der Waals surface area contributed by atoms with E-state index in [1.807, 2.05) is 0 Å². The summed E-state index contributed by atoms with van der Waals surface area (Å²) >= 11 is 0. The number of hydrogen-bond acceptors (Lipinski definition) is 6. The lowest BCUT2D eigenvalue weighted by molar-refractivity contribution is 0.179. The highest BCUT2D eigenvalue weighted by Gasteiger charge is 2.17. The van der Waals surface area contributed by atoms with Gasteiger partial charge in [0.25, 0.3) is 0 Å². The zero-order valence-corrected chi connectivity index (χ0v) is 13.8. The Morgan fingerprint density at radius 2 is 1.90 bits per heavy atom. The molecule has 8 heteroatoms. The largest absolute Gasteiger partial charge is 0.308 e. The lowest BCUT2D eigenvalue weighted by Gasteiger charge is -2.30. The first kappa shape index (κ1) is 17.8. The van der Waals surface area contributed by atoms with Crippen molar-refractivity contribution in [2.75, 3.05) is 18.5 Å². The quantitative estimate of drug-likeness (QED) is 0.484. The number of aromatic nitrogens is 1. The minimum absolute atomic E-state index is 0.145. The van der Waals surface area contributed by atoms with Gasteiger partial charge in [-0.1, -0.05) is 0 Å². The molecule has 0 aromatic carbocycles. The number of pyridine rings is 1. The zero-order chi connectivity index (χ0) is 16.0. The Hall–Kier alpha value is -1.22. The summed E-state index contributed by atoms with van der Waals surface area (Å²) in [6.45, 7) is 9.38. The number of rotatable bonds is 8. The van der Waals surface area contributed by atoms with Gasteiger partial charge in [0.15, 0.2) is 0 Å². The molecule has 0 saturated heterocycles. The predicted octanol–water partition coefficient (Wildman–Crippen LogP) is 0.764. The van der Waals surface area contributed by atoms with Crippen molar-refractivity contribution in [1.82, 2.24) is 14.6 Å². The molecule has 4 N–H and O–H groups in total. The molecule has 1 rings (SSSR count). The van der Waals surface area contributed by atoms with E-state index in [4.69, 9.17) is 5.84 Å². The number of hydrazine groups is 1. The fourth-order valence-electron chi connectivity index (χ4n) is 2.16. The van der Waals surface area contributed by atoms with Gasteiger partial charge in [-0.3, -0.25) is 4.90 Å². The molecule has 0 spiro atoms. The maximum Gasteiger partial charge on any atom is 0.240 e. The normalized spacial score (nSPS) is 12.4. The van der Waals surface area contributed by atoms with E-state index >= 15 is 0 Å². The fourth-order valence-corrected chi connectivity index (χ4v) is 3.20. The molecule has 0 radical (unpaired) electrons. The minimum atomic E-state index is -3.55. The van der Waals surface area contributed by atoms with E-state index in [-0.39, 0.29) is 4.90 Å². The molecule has 0 amide bonds. The van der Waals surface area contributed by atoms with Gasteiger partial charge in [-0.25, -0.2) is 24.0 Å². The summed E-state index contributed by atoms with van der Waals surface area (Å²) in [6.07, 6.45) is 1.40. The molecular weight excluding hydrogens is 290 g/mol. The lowest BCUT2D eigenvalue weighted by atomic mass is 10.2. The van der Waals surface area contributed by atoms with Gasteiger partial charge in [0.1, 0.15) is 5.82 Å². The molecule has 0 saturated carbocycles. The average molecular weight is 315 g/mol. The van der Waals surface area contributed by atoms with E-state index in [2.05, 4.69) is 47.7 Å². The number of sulfonamides is 1. The minimum Gasteiger partial charge on any atom is -0.308 e. The van der Waals surface area contributed by atoms with Gasteiger partial charge < -0.3 is 5.43 Å². The van der Waals surface area contributed by atoms with Crippen LogP contribution in [0.25, 0.3) is 0 Å². The molecule has 0 aliphatic rings. The van der Waals surface area contributed by atoms with Crippen LogP contribution in [0.2, 0.25) is 0 Å². The highest BCUT2D eigenvalue weighted by molar-refractivity contribution is 7.89. The van der Waals surface area contributed by atoms with Gasteiger partial charge in [-0.05, 0) is 33.8 Å². The van der Waals surface area contributed by atoms with Crippen molar-refractivity contribution in [2.45, 2.75) is 44.7 Å². The Morgan fingerprint density at radius 3 is 2.43 bits per heavy atom. The van der Waals surface area contributed by atoms with Crippen LogP contribution in [0.15, 0.2) is 23.2 Å². The summed E-state index contributed by atoms with van der Waals surface area (Å²) in [5.41, 5.74) is 2.33. The van der Waals surface area contributed by atoms with E-state index in [1.165, 1.54) is 18.3 Å². The van der Waals surface area contributed by atoms with Crippen molar-refractivity contribution in [3.05, 3.63) is 18.3 Å². The molecule has 0 aliphatic heterocycles. The maximum atomic E-state index is 12.2. The number of nitrogens with zero attached hydrogens (tertiary/aromatic N) is 2. The summed E-state index contributed by atoms with van der Waals surface area (Å²) in [6, 6.07) is 3.56. The van der Waals surface area contributed by atoms with Crippen LogP contribution in [-0.4, -0.2) is 43.5 Å². The molecule has 7 nitrogen and oxygen atoms in total. The second kappa shape index (κ2) is 7.69. The van der Waals surface area contributed by atoms with Crippen molar-refractivity contribution in [2.24, 2.45) is 5.84 Å². The molecular formula is C13H25N5O2S. The summed E-state index contributed by atoms with van der Waals surface area (Å²) in [7, 11) is -3.55. The summed E-state index contributed by atoms with van der Waals surface area (Å²) in [4.78, 5) is 6.26. The van der Waals surface area contributed by atoms with Crippen LogP contribution < -0.4 is 16.0 Å². The summed E-state index contributed by atoms with van der Waals surface area (Å²) in [5.74, 6) is 5.54. The van der Waals surface area contributed by atoms with Crippen LogP contribution in [0.4, 0.5) is 5.82 Å². The average Bonchev–Trinajstić information content (AvgIpc) is 2.42. The summed E-state index contributed by atoms with van der Waals surface area (Å²) in [5, 5.41) is 0. The number of hydrogen-bond donors (Lipinski definition) is 3. The smallest absolute Gasteiger partial charge is 0.240 e. The molecule has 1 aromatic rings. The Balaban J connectivity index is 2.68. The van der Waals surface area contributed by atoms with Gasteiger partial charge >= 0.3 is 0 Å². The first-order valence-corrected chi connectivity index (χ1v) is 8.44. The van der Waals surface area contributed by atoms with Crippen LogP contribution in [-0.2, 0) is 10.0 Å². The monoisotopic (exact) mass is 315 g/mol. The number of anilines is 1. The highest BCUT2D eigenvalue weighted by Crippen LogP contribution is 2.11. The molecule has 0 aliphatic carbocycles. The zero-order valence-electron chi connectivity index (χ0n) is 13.0. The van der Waals surface area contributed by atoms with Crippen molar-refractivity contribution in [3.63, 3.8) is 0 Å². The van der Waals surface area contributed by atoms with E-state index in [0.717, 1.165) is 0 Å². The van der Waals surface area contributed by atoms with Gasteiger partial charge in [0.2, 0.25) is 10.0 Å². The van der Waals surface area contributed by atoms with Gasteiger partial charge in [-0.2, -0.15) is 0 Å². The van der Waals surface area contributed by atoms with Gasteiger partial charge in [0.05, 0.1) is 4.90 Å². The predicted molar refractivity (Wildman–Crippen MR) is 84.2 cm³/mol. The highest BCUT2D eigenvalue weighted by atomic mass is 32.2. The van der Waals surface area contributed by atoms with Gasteiger partial charge in [-0.15, -0.1) is 0 Å². The van der Waals surface area contributed by atoms with Crippen LogP contribution in [0.1, 0.15) is 27.7 Å². The lowest BCUT2D eigenvalue weighted by Crippen LogP contribution is -2.42. The first-order chi connectivity index (χ1) is 9.77. The Morgan fingerprint density at radius 1 is 1.29 bits per heavy atom. The van der Waals surface area contributed by atoms with Crippen LogP contribution in [0.3, 0.4) is 0 Å². The number of nitrogen functional groups attached to an aromatic ring is 1. The fraction of sp³-hybridized carbons (Fsp3) is 0.615. The van der Waals surface area contributed by atoms with E-state index in [1.54, 1.807) is 0 Å².